The number of carbonyl (C=O) groups is 2. The number of ketones is 1. The highest BCUT2D eigenvalue weighted by molar-refractivity contribution is 5.84. The van der Waals surface area contributed by atoms with Gasteiger partial charge in [-0.2, -0.15) is 5.26 Å². The van der Waals surface area contributed by atoms with Gasteiger partial charge in [-0.15, -0.1) is 0 Å². The molecule has 2 unspecified atom stereocenters. The first kappa shape index (κ1) is 38.3. The topological polar surface area (TPSA) is 161 Å². The monoisotopic (exact) mass is 644 g/mol. The van der Waals surface area contributed by atoms with Crippen LogP contribution in [-0.4, -0.2) is 80.0 Å². The standard InChI is InChI=1S/C34H60O11/c1-11-24(29(38)22(8)28(37)23(9)30-19(5)14-18(4)25(41-30)15-27(36)43-39)31-20(6)16-32(10,42-31)34(45-40)21(7)17-33(13-3,44-34)26(35)12-2/h18-26,28,30-31,35,37,39-40H,11-17H2,1-10H3/t18-,19+,20+,21-,22+,23?,24+,25+,26+,28-,30+,31?,32+,33-,34-/m1/s1. The number of carbonyl (C=O) groups excluding carboxylic acids is 2. The van der Waals surface area contributed by atoms with Gasteiger partial charge in [0.2, 0.25) is 5.79 Å². The maximum Gasteiger partial charge on any atom is 0.344 e. The summed E-state index contributed by atoms with van der Waals surface area (Å²) >= 11 is 0. The Balaban J connectivity index is 1.79. The minimum atomic E-state index is -1.53. The van der Waals surface area contributed by atoms with Crippen molar-refractivity contribution in [2.45, 2.75) is 162 Å². The van der Waals surface area contributed by atoms with Crippen molar-refractivity contribution in [1.82, 2.24) is 0 Å². The molecule has 0 bridgehead atoms. The summed E-state index contributed by atoms with van der Waals surface area (Å²) in [5, 5.41) is 41.6. The molecule has 0 radical (unpaired) electrons. The maximum absolute atomic E-state index is 14.1. The Morgan fingerprint density at radius 2 is 1.58 bits per heavy atom. The first-order valence-corrected chi connectivity index (χ1v) is 17.1. The maximum atomic E-state index is 14.1. The fraction of sp³-hybridized carbons (Fsp3) is 0.941. The highest BCUT2D eigenvalue weighted by Gasteiger charge is 2.69. The number of aliphatic hydroxyl groups is 2. The SMILES string of the molecule is CC[C@@H](C(=O)[C@@H](C)[C@@H](O)C(C)[C@H]1O[C@@H](CC(=O)OO)[C@H](C)C[C@@H]1C)C1O[C@](C)([C@@]2(OO)O[C@@](CC)([C@@H](O)CC)C[C@H]2C)C[C@@H]1C. The van der Waals surface area contributed by atoms with Crippen LogP contribution in [0.25, 0.3) is 0 Å². The Labute approximate surface area is 269 Å². The van der Waals surface area contributed by atoms with Crippen LogP contribution >= 0.6 is 0 Å². The molecule has 0 aromatic rings. The average Bonchev–Trinajstić information content (AvgIpc) is 3.51. The minimum absolute atomic E-state index is 0.0593. The normalized spacial score (nSPS) is 42.1. The Morgan fingerprint density at radius 3 is 2.11 bits per heavy atom. The van der Waals surface area contributed by atoms with Crippen molar-refractivity contribution in [1.29, 1.82) is 0 Å². The van der Waals surface area contributed by atoms with Crippen molar-refractivity contribution < 1.29 is 54.3 Å². The highest BCUT2D eigenvalue weighted by Crippen LogP contribution is 2.57. The van der Waals surface area contributed by atoms with Crippen molar-refractivity contribution in [2.24, 2.45) is 41.4 Å². The third-order valence-electron chi connectivity index (χ3n) is 11.7. The van der Waals surface area contributed by atoms with E-state index in [9.17, 15) is 25.1 Å². The Kier molecular flexibility index (Phi) is 12.7. The molecule has 11 nitrogen and oxygen atoms in total. The molecule has 0 saturated carbocycles. The summed E-state index contributed by atoms with van der Waals surface area (Å²) < 4.78 is 19.6. The number of hydrogen-bond donors (Lipinski definition) is 4. The van der Waals surface area contributed by atoms with E-state index in [1.165, 1.54) is 0 Å². The van der Waals surface area contributed by atoms with Crippen LogP contribution < -0.4 is 0 Å². The van der Waals surface area contributed by atoms with Gasteiger partial charge in [0.15, 0.2) is 0 Å². The molecule has 3 saturated heterocycles. The van der Waals surface area contributed by atoms with E-state index >= 15 is 0 Å². The van der Waals surface area contributed by atoms with E-state index in [0.717, 1.165) is 6.42 Å². The summed E-state index contributed by atoms with van der Waals surface area (Å²) in [6, 6.07) is 0. The molecule has 262 valence electrons. The lowest BCUT2D eigenvalue weighted by molar-refractivity contribution is -0.459. The molecule has 0 aromatic heterocycles. The van der Waals surface area contributed by atoms with E-state index in [-0.39, 0.29) is 35.9 Å². The zero-order valence-corrected chi connectivity index (χ0v) is 29.0. The molecule has 0 aliphatic carbocycles. The number of hydrogen-bond acceptors (Lipinski definition) is 11. The molecule has 0 aromatic carbocycles. The third-order valence-corrected chi connectivity index (χ3v) is 11.7. The fourth-order valence-corrected chi connectivity index (χ4v) is 9.04. The Morgan fingerprint density at radius 1 is 0.933 bits per heavy atom. The Hall–Kier alpha value is -1.18. The summed E-state index contributed by atoms with van der Waals surface area (Å²) in [7, 11) is 0. The second kappa shape index (κ2) is 14.9. The van der Waals surface area contributed by atoms with Gasteiger partial charge >= 0.3 is 5.97 Å². The summed E-state index contributed by atoms with van der Waals surface area (Å²) in [6.07, 6.45) is 0.0115. The van der Waals surface area contributed by atoms with Crippen molar-refractivity contribution in [2.75, 3.05) is 0 Å². The second-order valence-electron chi connectivity index (χ2n) is 14.9. The van der Waals surface area contributed by atoms with Gasteiger partial charge in [0.25, 0.3) is 0 Å². The predicted molar refractivity (Wildman–Crippen MR) is 166 cm³/mol. The third kappa shape index (κ3) is 7.02. The first-order chi connectivity index (χ1) is 21.0. The highest BCUT2D eigenvalue weighted by atomic mass is 17.2. The van der Waals surface area contributed by atoms with Gasteiger partial charge in [0, 0.05) is 23.7 Å². The molecular formula is C34H60O11. The van der Waals surface area contributed by atoms with Crippen molar-refractivity contribution in [3.8, 4) is 0 Å². The van der Waals surface area contributed by atoms with E-state index in [1.807, 2.05) is 62.3 Å². The van der Waals surface area contributed by atoms with E-state index in [1.54, 1.807) is 6.92 Å². The lowest BCUT2D eigenvalue weighted by Gasteiger charge is -2.45. The molecule has 0 spiro atoms. The molecule has 3 aliphatic heterocycles. The van der Waals surface area contributed by atoms with Crippen LogP contribution in [0.3, 0.4) is 0 Å². The fourth-order valence-electron chi connectivity index (χ4n) is 9.04. The van der Waals surface area contributed by atoms with Gasteiger partial charge in [-0.1, -0.05) is 62.3 Å². The summed E-state index contributed by atoms with van der Waals surface area (Å²) in [4.78, 5) is 35.0. The molecule has 3 fully saturated rings. The number of aliphatic hydroxyl groups excluding tert-OH is 2. The lowest BCUT2D eigenvalue weighted by Crippen LogP contribution is -2.59. The van der Waals surface area contributed by atoms with Crippen LogP contribution in [0.4, 0.5) is 0 Å². The van der Waals surface area contributed by atoms with Crippen molar-refractivity contribution in [3.05, 3.63) is 0 Å². The largest absolute Gasteiger partial charge is 0.392 e. The number of rotatable bonds is 14. The molecular weight excluding hydrogens is 584 g/mol. The van der Waals surface area contributed by atoms with Gasteiger partial charge in [-0.3, -0.25) is 4.79 Å². The molecule has 0 amide bonds. The number of Topliss-reactive ketones (excluding diaryl/α,β-unsaturated/α-hetero) is 1. The molecule has 3 rings (SSSR count). The smallest absolute Gasteiger partial charge is 0.344 e. The quantitative estimate of drug-likeness (QED) is 0.142. The second-order valence-corrected chi connectivity index (χ2v) is 14.9. The van der Waals surface area contributed by atoms with Gasteiger partial charge in [0.1, 0.15) is 11.4 Å². The lowest BCUT2D eigenvalue weighted by atomic mass is 9.74. The summed E-state index contributed by atoms with van der Waals surface area (Å²) in [6.45, 7) is 19.2. The molecule has 15 atom stereocenters. The van der Waals surface area contributed by atoms with Gasteiger partial charge in [0.05, 0.1) is 42.5 Å². The van der Waals surface area contributed by atoms with E-state index in [2.05, 4.69) is 4.89 Å². The van der Waals surface area contributed by atoms with Crippen LogP contribution in [0.5, 0.6) is 0 Å². The zero-order chi connectivity index (χ0) is 34.1. The van der Waals surface area contributed by atoms with Crippen LogP contribution in [0.1, 0.15) is 114 Å². The van der Waals surface area contributed by atoms with Crippen LogP contribution in [0, 0.1) is 41.4 Å². The summed E-state index contributed by atoms with van der Waals surface area (Å²) in [5.41, 5.74) is -2.00. The molecule has 3 aliphatic rings. The van der Waals surface area contributed by atoms with Crippen molar-refractivity contribution in [3.63, 3.8) is 0 Å². The molecule has 3 heterocycles. The van der Waals surface area contributed by atoms with Gasteiger partial charge < -0.3 is 29.3 Å². The van der Waals surface area contributed by atoms with E-state index in [4.69, 9.17) is 24.4 Å². The Bertz CT molecular complexity index is 1010. The number of ether oxygens (including phenoxy) is 3. The van der Waals surface area contributed by atoms with Gasteiger partial charge in [-0.05, 0) is 63.2 Å². The van der Waals surface area contributed by atoms with Crippen molar-refractivity contribution >= 4 is 11.8 Å². The predicted octanol–water partition coefficient (Wildman–Crippen LogP) is 5.40. The van der Waals surface area contributed by atoms with Crippen LogP contribution in [0.2, 0.25) is 0 Å². The zero-order valence-electron chi connectivity index (χ0n) is 29.0. The molecule has 11 heteroatoms. The van der Waals surface area contributed by atoms with Crippen LogP contribution in [0.15, 0.2) is 0 Å². The van der Waals surface area contributed by atoms with E-state index < -0.39 is 71.2 Å². The molecule has 45 heavy (non-hydrogen) atoms. The molecule has 4 N–H and O–H groups in total. The summed E-state index contributed by atoms with van der Waals surface area (Å²) in [5.74, 6) is -4.32. The first-order valence-electron chi connectivity index (χ1n) is 17.1. The van der Waals surface area contributed by atoms with Crippen LogP contribution in [-0.2, 0) is 33.6 Å². The minimum Gasteiger partial charge on any atom is -0.392 e. The average molecular weight is 645 g/mol. The van der Waals surface area contributed by atoms with Gasteiger partial charge in [-0.25, -0.2) is 14.9 Å². The van der Waals surface area contributed by atoms with E-state index in [0.29, 0.717) is 32.1 Å².